The quantitative estimate of drug-likeness (QED) is 0.0962. The van der Waals surface area contributed by atoms with Gasteiger partial charge in [0.1, 0.15) is 12.3 Å². The summed E-state index contributed by atoms with van der Waals surface area (Å²) in [4.78, 5) is 53.3. The lowest BCUT2D eigenvalue weighted by molar-refractivity contribution is -0.144. The monoisotopic (exact) mass is 732 g/mol. The van der Waals surface area contributed by atoms with Crippen molar-refractivity contribution < 1.29 is 33.8 Å². The molecule has 2 amide bonds. The Hall–Kier alpha value is -4.46. The maximum Gasteiger partial charge on any atom is 0.305 e. The minimum atomic E-state index is -0.288. The molecule has 0 bridgehead atoms. The molecule has 2 aromatic carbocycles. The van der Waals surface area contributed by atoms with Crippen LogP contribution in [0.4, 0.5) is 5.69 Å². The first-order chi connectivity index (χ1) is 25.6. The molecule has 4 rings (SSSR count). The number of aromatic nitrogens is 3. The Balaban J connectivity index is 1.38. The minimum absolute atomic E-state index is 0.0134. The first kappa shape index (κ1) is 41.3. The molecule has 1 unspecified atom stereocenters. The summed E-state index contributed by atoms with van der Waals surface area (Å²) in [5.74, 6) is -0.533. The van der Waals surface area contributed by atoms with Gasteiger partial charge in [-0.15, -0.1) is 5.10 Å². The van der Waals surface area contributed by atoms with E-state index in [9.17, 15) is 19.2 Å². The first-order valence-corrected chi connectivity index (χ1v) is 18.9. The van der Waals surface area contributed by atoms with E-state index in [0.29, 0.717) is 62.6 Å². The Morgan fingerprint density at radius 2 is 1.62 bits per heavy atom. The van der Waals surface area contributed by atoms with Gasteiger partial charge in [-0.1, -0.05) is 88.2 Å². The van der Waals surface area contributed by atoms with E-state index in [4.69, 9.17) is 14.6 Å². The number of ketones is 1. The number of hydrogen-bond donors (Lipinski definition) is 3. The second-order valence-corrected chi connectivity index (χ2v) is 14.0. The molecule has 13 heteroatoms. The number of esters is 1. The number of fused-ring (bicyclic) bond motifs is 5. The van der Waals surface area contributed by atoms with Crippen LogP contribution in [0, 0.1) is 5.92 Å². The van der Waals surface area contributed by atoms with Crippen molar-refractivity contribution in [3.05, 3.63) is 54.1 Å². The number of carbonyl (C=O) groups excluding carboxylic acids is 4. The number of rotatable bonds is 22. The topological polar surface area (TPSA) is 165 Å². The molecule has 0 fully saturated rings. The summed E-state index contributed by atoms with van der Waals surface area (Å²) in [6, 6.07) is 15.4. The summed E-state index contributed by atoms with van der Waals surface area (Å²) in [6.45, 7) is 9.72. The second kappa shape index (κ2) is 21.3. The molecule has 0 aliphatic carbocycles. The van der Waals surface area contributed by atoms with E-state index in [1.54, 1.807) is 9.58 Å². The summed E-state index contributed by atoms with van der Waals surface area (Å²) in [5.41, 5.74) is 4.55. The van der Waals surface area contributed by atoms with E-state index >= 15 is 0 Å². The van der Waals surface area contributed by atoms with Gasteiger partial charge in [0.15, 0.2) is 5.78 Å². The number of carbonyl (C=O) groups is 4. The molecule has 288 valence electrons. The lowest BCUT2D eigenvalue weighted by Gasteiger charge is -2.28. The fourth-order valence-corrected chi connectivity index (χ4v) is 6.39. The van der Waals surface area contributed by atoms with E-state index in [2.05, 4.69) is 20.9 Å². The molecule has 3 aromatic rings. The summed E-state index contributed by atoms with van der Waals surface area (Å²) < 4.78 is 12.7. The molecule has 1 atom stereocenters. The number of anilines is 1. The Labute approximate surface area is 312 Å². The molecular formula is C40H56N6O7. The zero-order chi connectivity index (χ0) is 38.2. The fraction of sp³-hybridized carbons (Fsp3) is 0.550. The van der Waals surface area contributed by atoms with Crippen LogP contribution < -0.4 is 15.5 Å². The standard InChI is InChI=1S/C40H56N6O7/c1-28(2)40(51)33(42-29(3)4)16-6-5-7-18-37(50)53-26-22-46-39-32-15-10-11-17-34(32)45(27-30-13-8-9-14-31(30)38(39)43-44-46)36(49)20-19-35(48)41-21-25-52-24-12-23-47/h8-11,13-15,17,28-29,33,42,47H,5-7,12,16,18-27H2,1-4H3,(H,41,48). The Kier molecular flexibility index (Phi) is 16.6. The van der Waals surface area contributed by atoms with Crippen molar-refractivity contribution in [3.63, 3.8) is 0 Å². The predicted molar refractivity (Wildman–Crippen MR) is 203 cm³/mol. The van der Waals surface area contributed by atoms with Gasteiger partial charge in [-0.05, 0) is 30.9 Å². The number of Topliss-reactive ketones (excluding diaryl/α,β-unsaturated/α-hetero) is 1. The number of hydrogen-bond acceptors (Lipinski definition) is 10. The van der Waals surface area contributed by atoms with Crippen molar-refractivity contribution >= 4 is 29.3 Å². The van der Waals surface area contributed by atoms with Crippen molar-refractivity contribution in [1.82, 2.24) is 25.6 Å². The Morgan fingerprint density at radius 1 is 0.868 bits per heavy atom. The molecule has 3 N–H and O–H groups in total. The van der Waals surface area contributed by atoms with E-state index in [1.165, 1.54) is 0 Å². The fourth-order valence-electron chi connectivity index (χ4n) is 6.39. The second-order valence-electron chi connectivity index (χ2n) is 14.0. The number of benzene rings is 2. The van der Waals surface area contributed by atoms with Gasteiger partial charge in [0.25, 0.3) is 0 Å². The van der Waals surface area contributed by atoms with Gasteiger partial charge < -0.3 is 30.1 Å². The molecule has 0 saturated carbocycles. The number of ether oxygens (including phenoxy) is 2. The molecule has 2 heterocycles. The third kappa shape index (κ3) is 12.3. The van der Waals surface area contributed by atoms with Crippen molar-refractivity contribution in [2.45, 2.75) is 104 Å². The first-order valence-electron chi connectivity index (χ1n) is 18.9. The highest BCUT2D eigenvalue weighted by Crippen LogP contribution is 2.41. The molecular weight excluding hydrogens is 676 g/mol. The van der Waals surface area contributed by atoms with Gasteiger partial charge >= 0.3 is 5.97 Å². The normalized spacial score (nSPS) is 12.8. The van der Waals surface area contributed by atoms with Gasteiger partial charge in [-0.2, -0.15) is 0 Å². The maximum atomic E-state index is 13.8. The number of aliphatic hydroxyl groups is 1. The molecule has 1 aromatic heterocycles. The van der Waals surface area contributed by atoms with Crippen LogP contribution in [-0.2, 0) is 41.7 Å². The van der Waals surface area contributed by atoms with Crippen LogP contribution in [0.3, 0.4) is 0 Å². The summed E-state index contributed by atoms with van der Waals surface area (Å²) in [6.07, 6.45) is 3.96. The van der Waals surface area contributed by atoms with Gasteiger partial charge in [0.2, 0.25) is 11.8 Å². The Morgan fingerprint density at radius 3 is 2.38 bits per heavy atom. The van der Waals surface area contributed by atoms with Crippen LogP contribution in [0.2, 0.25) is 0 Å². The third-order valence-corrected chi connectivity index (χ3v) is 9.06. The summed E-state index contributed by atoms with van der Waals surface area (Å²) in [5, 5.41) is 24.1. The van der Waals surface area contributed by atoms with E-state index in [-0.39, 0.29) is 74.2 Å². The van der Waals surface area contributed by atoms with Crippen LogP contribution in [0.1, 0.15) is 84.6 Å². The van der Waals surface area contributed by atoms with Gasteiger partial charge in [-0.3, -0.25) is 19.2 Å². The third-order valence-electron chi connectivity index (χ3n) is 9.06. The minimum Gasteiger partial charge on any atom is -0.464 e. The molecule has 53 heavy (non-hydrogen) atoms. The van der Waals surface area contributed by atoms with Gasteiger partial charge in [0, 0.05) is 62.1 Å². The molecule has 1 aliphatic rings. The molecule has 13 nitrogen and oxygen atoms in total. The lowest BCUT2D eigenvalue weighted by atomic mass is 9.95. The molecule has 1 aliphatic heterocycles. The number of unbranched alkanes of at least 4 members (excludes halogenated alkanes) is 2. The van der Waals surface area contributed by atoms with Crippen molar-refractivity contribution in [3.8, 4) is 22.5 Å². The number of nitrogens with one attached hydrogen (secondary N) is 2. The SMILES string of the molecule is CC(C)NC(CCCCCC(=O)OCCn1nnc2c1-c1ccccc1N(C(=O)CCC(=O)NCCOCCCO)Cc1ccccc1-2)C(=O)C(C)C. The van der Waals surface area contributed by atoms with Crippen LogP contribution in [0.15, 0.2) is 48.5 Å². The number of aliphatic hydroxyl groups excluding tert-OH is 1. The van der Waals surface area contributed by atoms with Crippen molar-refractivity contribution in [1.29, 1.82) is 0 Å². The van der Waals surface area contributed by atoms with E-state index in [0.717, 1.165) is 36.0 Å². The molecule has 0 spiro atoms. The highest BCUT2D eigenvalue weighted by atomic mass is 16.5. The molecule has 0 radical (unpaired) electrons. The van der Waals surface area contributed by atoms with Gasteiger partial charge in [0.05, 0.1) is 37.1 Å². The van der Waals surface area contributed by atoms with E-state index in [1.807, 2.05) is 76.2 Å². The van der Waals surface area contributed by atoms with Crippen molar-refractivity contribution in [2.75, 3.05) is 37.9 Å². The maximum absolute atomic E-state index is 13.8. The number of para-hydroxylation sites is 1. The average molecular weight is 733 g/mol. The average Bonchev–Trinajstić information content (AvgIpc) is 3.55. The van der Waals surface area contributed by atoms with Gasteiger partial charge in [-0.25, -0.2) is 4.68 Å². The zero-order valence-corrected chi connectivity index (χ0v) is 31.6. The highest BCUT2D eigenvalue weighted by molar-refractivity contribution is 6.01. The largest absolute Gasteiger partial charge is 0.464 e. The van der Waals surface area contributed by atoms with Crippen LogP contribution in [0.25, 0.3) is 22.5 Å². The molecule has 0 saturated heterocycles. The van der Waals surface area contributed by atoms with Crippen LogP contribution in [-0.4, -0.2) is 88.7 Å². The van der Waals surface area contributed by atoms with Crippen molar-refractivity contribution in [2.24, 2.45) is 5.92 Å². The zero-order valence-electron chi connectivity index (χ0n) is 31.6. The lowest BCUT2D eigenvalue weighted by Crippen LogP contribution is -2.42. The summed E-state index contributed by atoms with van der Waals surface area (Å²) in [7, 11) is 0. The smallest absolute Gasteiger partial charge is 0.305 e. The predicted octanol–water partition coefficient (Wildman–Crippen LogP) is 4.84. The Bertz CT molecular complexity index is 1660. The number of amides is 2. The van der Waals surface area contributed by atoms with E-state index < -0.39 is 0 Å². The van der Waals surface area contributed by atoms with Crippen LogP contribution in [0.5, 0.6) is 0 Å². The van der Waals surface area contributed by atoms with Crippen LogP contribution >= 0.6 is 0 Å². The number of nitrogens with zero attached hydrogens (tertiary/aromatic N) is 4. The highest BCUT2D eigenvalue weighted by Gasteiger charge is 2.29. The summed E-state index contributed by atoms with van der Waals surface area (Å²) >= 11 is 0.